The van der Waals surface area contributed by atoms with E-state index in [0.717, 1.165) is 17.8 Å². The highest BCUT2D eigenvalue weighted by Gasteiger charge is 2.32. The lowest BCUT2D eigenvalue weighted by atomic mass is 10.2. The van der Waals surface area contributed by atoms with E-state index >= 15 is 0 Å². The predicted molar refractivity (Wildman–Crippen MR) is 117 cm³/mol. The first-order valence-electron chi connectivity index (χ1n) is 10.2. The van der Waals surface area contributed by atoms with Gasteiger partial charge in [0.05, 0.1) is 35.6 Å². The molecule has 0 amide bonds. The Labute approximate surface area is 196 Å². The van der Waals surface area contributed by atoms with Crippen LogP contribution in [-0.4, -0.2) is 71.5 Å². The Bertz CT molecular complexity index is 1180. The van der Waals surface area contributed by atoms with Crippen LogP contribution in [0.2, 0.25) is 0 Å². The van der Waals surface area contributed by atoms with Crippen molar-refractivity contribution in [1.29, 1.82) is 0 Å². The predicted octanol–water partition coefficient (Wildman–Crippen LogP) is 2.24. The first kappa shape index (κ1) is 26.3. The third kappa shape index (κ3) is 6.88. The maximum Gasteiger partial charge on any atom is 0.417 e. The summed E-state index contributed by atoms with van der Waals surface area (Å²) < 4.78 is 99.0. The van der Waals surface area contributed by atoms with Crippen LogP contribution < -0.4 is 4.90 Å². The van der Waals surface area contributed by atoms with Gasteiger partial charge in [-0.05, 0) is 25.1 Å². The van der Waals surface area contributed by atoms with Gasteiger partial charge in [-0.2, -0.15) is 25.9 Å². The van der Waals surface area contributed by atoms with Crippen molar-refractivity contribution in [2.24, 2.45) is 0 Å². The molecule has 1 saturated heterocycles. The molecule has 3 rings (SSSR count). The number of pyridine rings is 1. The van der Waals surface area contributed by atoms with Gasteiger partial charge in [0, 0.05) is 32.4 Å². The van der Waals surface area contributed by atoms with Crippen LogP contribution >= 0.6 is 0 Å². The molecule has 0 saturated carbocycles. The summed E-state index contributed by atoms with van der Waals surface area (Å²) in [6.07, 6.45) is -2.49. The van der Waals surface area contributed by atoms with Gasteiger partial charge in [0.15, 0.2) is 5.94 Å². The standard InChI is InChI=1S/C20H24F3N3O6S2/c1-16-2-4-19(5-3-16)34(29,30)32-11-10-31-15-33(27,28)26-8-6-25(7-9-26)18-12-17(13-24-14-18)20(21,22)23/h2-5,12-14H,6-11,15H2,1H3. The Morgan fingerprint density at radius 3 is 2.24 bits per heavy atom. The maximum atomic E-state index is 12.9. The van der Waals surface area contributed by atoms with Crippen molar-refractivity contribution in [1.82, 2.24) is 9.29 Å². The quantitative estimate of drug-likeness (QED) is 0.364. The highest BCUT2D eigenvalue weighted by Crippen LogP contribution is 2.31. The highest BCUT2D eigenvalue weighted by molar-refractivity contribution is 7.88. The maximum absolute atomic E-state index is 12.9. The third-order valence-electron chi connectivity index (χ3n) is 5.06. The van der Waals surface area contributed by atoms with E-state index in [-0.39, 0.29) is 50.0 Å². The van der Waals surface area contributed by atoms with Gasteiger partial charge in [0.25, 0.3) is 10.1 Å². The number of sulfonamides is 1. The van der Waals surface area contributed by atoms with E-state index in [0.29, 0.717) is 0 Å². The summed E-state index contributed by atoms with van der Waals surface area (Å²) in [4.78, 5) is 5.23. The molecule has 1 fully saturated rings. The molecule has 14 heteroatoms. The van der Waals surface area contributed by atoms with Gasteiger partial charge < -0.3 is 9.64 Å². The molecule has 188 valence electrons. The number of hydrogen-bond donors (Lipinski definition) is 0. The molecule has 2 aromatic rings. The van der Waals surface area contributed by atoms with Gasteiger partial charge in [-0.1, -0.05) is 17.7 Å². The van der Waals surface area contributed by atoms with Crippen LogP contribution in [0.5, 0.6) is 0 Å². The Morgan fingerprint density at radius 1 is 0.971 bits per heavy atom. The molecule has 1 aliphatic rings. The number of nitrogens with zero attached hydrogens (tertiary/aromatic N) is 3. The van der Waals surface area contributed by atoms with E-state index in [9.17, 15) is 30.0 Å². The minimum atomic E-state index is -4.52. The molecule has 0 spiro atoms. The van der Waals surface area contributed by atoms with Crippen LogP contribution in [0.4, 0.5) is 18.9 Å². The Morgan fingerprint density at radius 2 is 1.62 bits per heavy atom. The molecule has 0 aliphatic carbocycles. The van der Waals surface area contributed by atoms with Crippen molar-refractivity contribution in [3.8, 4) is 0 Å². The number of hydrogen-bond acceptors (Lipinski definition) is 8. The molecule has 0 radical (unpaired) electrons. The number of aromatic nitrogens is 1. The Balaban J connectivity index is 1.44. The summed E-state index contributed by atoms with van der Waals surface area (Å²) in [5.74, 6) is -0.675. The van der Waals surface area contributed by atoms with Gasteiger partial charge in [-0.25, -0.2) is 8.42 Å². The van der Waals surface area contributed by atoms with Crippen molar-refractivity contribution < 1.29 is 38.9 Å². The summed E-state index contributed by atoms with van der Waals surface area (Å²) in [6, 6.07) is 7.05. The molecule has 0 bridgehead atoms. The van der Waals surface area contributed by atoms with Gasteiger partial charge >= 0.3 is 6.18 Å². The highest BCUT2D eigenvalue weighted by atomic mass is 32.2. The van der Waals surface area contributed by atoms with E-state index in [1.165, 1.54) is 22.6 Å². The number of ether oxygens (including phenoxy) is 1. The molecule has 0 atom stereocenters. The van der Waals surface area contributed by atoms with Crippen molar-refractivity contribution in [3.05, 3.63) is 53.9 Å². The van der Waals surface area contributed by atoms with Crippen molar-refractivity contribution in [2.75, 3.05) is 50.2 Å². The molecule has 1 aromatic heterocycles. The zero-order chi connectivity index (χ0) is 25.0. The van der Waals surface area contributed by atoms with Crippen LogP contribution in [-0.2, 0) is 35.2 Å². The minimum absolute atomic E-state index is 0.0143. The molecule has 9 nitrogen and oxygen atoms in total. The fourth-order valence-corrected chi connectivity index (χ4v) is 5.28. The molecular weight excluding hydrogens is 499 g/mol. The van der Waals surface area contributed by atoms with Crippen molar-refractivity contribution in [2.45, 2.75) is 18.0 Å². The van der Waals surface area contributed by atoms with Gasteiger partial charge in [-0.15, -0.1) is 0 Å². The summed E-state index contributed by atoms with van der Waals surface area (Å²) in [5.41, 5.74) is 0.273. The largest absolute Gasteiger partial charge is 0.417 e. The third-order valence-corrected chi connectivity index (χ3v) is 8.00. The molecule has 1 aromatic carbocycles. The lowest BCUT2D eigenvalue weighted by Gasteiger charge is -2.35. The average molecular weight is 524 g/mol. The molecule has 2 heterocycles. The lowest BCUT2D eigenvalue weighted by molar-refractivity contribution is -0.137. The van der Waals surface area contributed by atoms with E-state index in [1.54, 1.807) is 17.0 Å². The molecule has 34 heavy (non-hydrogen) atoms. The van der Waals surface area contributed by atoms with Crippen LogP contribution in [0, 0.1) is 6.92 Å². The van der Waals surface area contributed by atoms with E-state index in [2.05, 4.69) is 4.98 Å². The molecule has 0 unspecified atom stereocenters. The zero-order valence-corrected chi connectivity index (χ0v) is 19.9. The fourth-order valence-electron chi connectivity index (χ4n) is 3.19. The lowest BCUT2D eigenvalue weighted by Crippen LogP contribution is -2.49. The monoisotopic (exact) mass is 523 g/mol. The smallest absolute Gasteiger partial charge is 0.368 e. The number of anilines is 1. The summed E-state index contributed by atoms with van der Waals surface area (Å²) >= 11 is 0. The number of piperazine rings is 1. The normalized spacial score (nSPS) is 16.1. The van der Waals surface area contributed by atoms with Crippen LogP contribution in [0.15, 0.2) is 47.6 Å². The van der Waals surface area contributed by atoms with Gasteiger partial charge in [0.1, 0.15) is 0 Å². The van der Waals surface area contributed by atoms with Gasteiger partial charge in [0.2, 0.25) is 10.0 Å². The first-order valence-corrected chi connectivity index (χ1v) is 13.2. The second-order valence-corrected chi connectivity index (χ2v) is 11.1. The van der Waals surface area contributed by atoms with Crippen LogP contribution in [0.1, 0.15) is 11.1 Å². The van der Waals surface area contributed by atoms with Gasteiger partial charge in [-0.3, -0.25) is 9.17 Å². The fraction of sp³-hybridized carbons (Fsp3) is 0.450. The van der Waals surface area contributed by atoms with E-state index in [1.807, 2.05) is 6.92 Å². The van der Waals surface area contributed by atoms with Crippen molar-refractivity contribution >= 4 is 25.8 Å². The molecule has 1 aliphatic heterocycles. The number of alkyl halides is 3. The Kier molecular flexibility index (Phi) is 8.18. The number of aryl methyl sites for hydroxylation is 1. The SMILES string of the molecule is Cc1ccc(S(=O)(=O)OCCOCS(=O)(=O)N2CCN(c3cncc(C(F)(F)F)c3)CC2)cc1. The van der Waals surface area contributed by atoms with Crippen LogP contribution in [0.3, 0.4) is 0 Å². The second-order valence-electron chi connectivity index (χ2n) is 7.54. The van der Waals surface area contributed by atoms with E-state index < -0.39 is 37.8 Å². The number of rotatable bonds is 9. The molecular formula is C20H24F3N3O6S2. The minimum Gasteiger partial charge on any atom is -0.368 e. The average Bonchev–Trinajstić information content (AvgIpc) is 2.78. The van der Waals surface area contributed by atoms with E-state index in [4.69, 9.17) is 8.92 Å². The zero-order valence-electron chi connectivity index (χ0n) is 18.2. The summed E-state index contributed by atoms with van der Waals surface area (Å²) in [7, 11) is -7.79. The van der Waals surface area contributed by atoms with Crippen LogP contribution in [0.25, 0.3) is 0 Å². The number of benzene rings is 1. The molecule has 0 N–H and O–H groups in total. The van der Waals surface area contributed by atoms with Crippen molar-refractivity contribution in [3.63, 3.8) is 0 Å². The number of halogens is 3. The first-order chi connectivity index (χ1) is 15.9. The second kappa shape index (κ2) is 10.6. The summed E-state index contributed by atoms with van der Waals surface area (Å²) in [6.45, 7) is 1.66. The Hall–Kier alpha value is -2.26. The summed E-state index contributed by atoms with van der Waals surface area (Å²) in [5, 5.41) is 0. The topological polar surface area (TPSA) is 106 Å².